The SMILES string of the molecule is CCC(=Nc1ccc(N)cc1)C1=C(O)[C@@H](C(=O)OC)C(C)(C)CC1=O. The molecule has 0 spiro atoms. The average molecular weight is 344 g/mol. The molecule has 1 aromatic rings. The Morgan fingerprint density at radius 2 is 1.96 bits per heavy atom. The molecule has 0 heterocycles. The Morgan fingerprint density at radius 1 is 1.36 bits per heavy atom. The summed E-state index contributed by atoms with van der Waals surface area (Å²) >= 11 is 0. The Balaban J connectivity index is 2.57. The number of esters is 1. The molecule has 1 atom stereocenters. The molecule has 0 aromatic heterocycles. The molecule has 0 radical (unpaired) electrons. The van der Waals surface area contributed by atoms with Crippen molar-refractivity contribution in [2.45, 2.75) is 33.6 Å². The first-order valence-electron chi connectivity index (χ1n) is 8.19. The minimum atomic E-state index is -0.895. The van der Waals surface area contributed by atoms with E-state index in [-0.39, 0.29) is 23.5 Å². The van der Waals surface area contributed by atoms with Crippen LogP contribution in [0.3, 0.4) is 0 Å². The van der Waals surface area contributed by atoms with Crippen LogP contribution in [-0.4, -0.2) is 29.7 Å². The molecule has 1 aliphatic rings. The van der Waals surface area contributed by atoms with Gasteiger partial charge in [0.05, 0.1) is 24.1 Å². The largest absolute Gasteiger partial charge is 0.511 e. The molecule has 25 heavy (non-hydrogen) atoms. The lowest BCUT2D eigenvalue weighted by atomic mass is 9.67. The van der Waals surface area contributed by atoms with Crippen LogP contribution in [0, 0.1) is 11.3 Å². The molecule has 1 aliphatic carbocycles. The van der Waals surface area contributed by atoms with E-state index in [1.54, 1.807) is 38.1 Å². The molecule has 1 aromatic carbocycles. The van der Waals surface area contributed by atoms with Gasteiger partial charge in [-0.05, 0) is 36.1 Å². The molecule has 0 aliphatic heterocycles. The Morgan fingerprint density at radius 3 is 2.48 bits per heavy atom. The van der Waals surface area contributed by atoms with Crippen molar-refractivity contribution in [2.75, 3.05) is 12.8 Å². The van der Waals surface area contributed by atoms with Crippen LogP contribution >= 0.6 is 0 Å². The number of carbonyl (C=O) groups excluding carboxylic acids is 2. The van der Waals surface area contributed by atoms with Crippen LogP contribution in [0.15, 0.2) is 40.6 Å². The Bertz CT molecular complexity index is 745. The van der Waals surface area contributed by atoms with Crippen LogP contribution in [0.2, 0.25) is 0 Å². The van der Waals surface area contributed by atoms with E-state index in [1.807, 2.05) is 6.92 Å². The summed E-state index contributed by atoms with van der Waals surface area (Å²) in [6.07, 6.45) is 0.566. The van der Waals surface area contributed by atoms with E-state index in [0.717, 1.165) is 0 Å². The van der Waals surface area contributed by atoms with Gasteiger partial charge in [-0.3, -0.25) is 14.6 Å². The number of hydrogen-bond acceptors (Lipinski definition) is 6. The lowest BCUT2D eigenvalue weighted by Gasteiger charge is -2.36. The molecular formula is C19H24N2O4. The van der Waals surface area contributed by atoms with Gasteiger partial charge in [0.25, 0.3) is 0 Å². The minimum absolute atomic E-state index is 0.119. The summed E-state index contributed by atoms with van der Waals surface area (Å²) in [7, 11) is 1.27. The number of carbonyl (C=O) groups is 2. The summed E-state index contributed by atoms with van der Waals surface area (Å²) in [6, 6.07) is 6.89. The predicted molar refractivity (Wildman–Crippen MR) is 96.8 cm³/mol. The number of nitrogens with zero attached hydrogens (tertiary/aromatic N) is 1. The summed E-state index contributed by atoms with van der Waals surface area (Å²) in [4.78, 5) is 29.3. The van der Waals surface area contributed by atoms with Crippen molar-refractivity contribution in [3.8, 4) is 0 Å². The topological polar surface area (TPSA) is 102 Å². The van der Waals surface area contributed by atoms with Crippen molar-refractivity contribution < 1.29 is 19.4 Å². The number of aliphatic hydroxyl groups excluding tert-OH is 1. The van der Waals surface area contributed by atoms with E-state index in [0.29, 0.717) is 23.5 Å². The van der Waals surface area contributed by atoms with E-state index in [4.69, 9.17) is 10.5 Å². The van der Waals surface area contributed by atoms with Crippen LogP contribution in [-0.2, 0) is 14.3 Å². The quantitative estimate of drug-likeness (QED) is 0.495. The molecular weight excluding hydrogens is 320 g/mol. The first-order valence-corrected chi connectivity index (χ1v) is 8.19. The zero-order chi connectivity index (χ0) is 18.8. The van der Waals surface area contributed by atoms with Gasteiger partial charge in [0.2, 0.25) is 0 Å². The van der Waals surface area contributed by atoms with Gasteiger partial charge in [-0.1, -0.05) is 20.8 Å². The van der Waals surface area contributed by atoms with Gasteiger partial charge in [-0.15, -0.1) is 0 Å². The molecule has 3 N–H and O–H groups in total. The van der Waals surface area contributed by atoms with Gasteiger partial charge in [-0.2, -0.15) is 0 Å². The second-order valence-electron chi connectivity index (χ2n) is 6.81. The Labute approximate surface area is 147 Å². The van der Waals surface area contributed by atoms with Crippen molar-refractivity contribution >= 4 is 28.8 Å². The number of aliphatic imine (C=N–C) groups is 1. The number of benzene rings is 1. The van der Waals surface area contributed by atoms with E-state index < -0.39 is 17.3 Å². The average Bonchev–Trinajstić information content (AvgIpc) is 2.54. The molecule has 0 fully saturated rings. The zero-order valence-corrected chi connectivity index (χ0v) is 15.0. The maximum atomic E-state index is 12.7. The molecule has 0 amide bonds. The molecule has 0 saturated carbocycles. The molecule has 134 valence electrons. The number of hydrogen-bond donors (Lipinski definition) is 2. The Hall–Kier alpha value is -2.63. The summed E-state index contributed by atoms with van der Waals surface area (Å²) in [5.41, 5.74) is 6.74. The lowest BCUT2D eigenvalue weighted by molar-refractivity contribution is -0.150. The van der Waals surface area contributed by atoms with E-state index in [9.17, 15) is 14.7 Å². The first kappa shape index (κ1) is 18.7. The third-order valence-electron chi connectivity index (χ3n) is 4.42. The van der Waals surface area contributed by atoms with Crippen molar-refractivity contribution in [1.82, 2.24) is 0 Å². The van der Waals surface area contributed by atoms with E-state index in [1.165, 1.54) is 7.11 Å². The molecule has 0 saturated heterocycles. The van der Waals surface area contributed by atoms with Crippen LogP contribution in [0.1, 0.15) is 33.6 Å². The number of anilines is 1. The summed E-state index contributed by atoms with van der Waals surface area (Å²) in [5, 5.41) is 10.7. The smallest absolute Gasteiger partial charge is 0.316 e. The highest BCUT2D eigenvalue weighted by atomic mass is 16.5. The van der Waals surface area contributed by atoms with Gasteiger partial charge in [-0.25, -0.2) is 0 Å². The molecule has 0 bridgehead atoms. The number of aliphatic hydroxyl groups is 1. The standard InChI is InChI=1S/C19H24N2O4/c1-5-13(21-12-8-6-11(20)7-9-12)15-14(22)10-19(2,3)16(17(15)23)18(24)25-4/h6-9,16,23H,5,10,20H2,1-4H3/t16-/m0/s1. The van der Waals surface area contributed by atoms with Crippen molar-refractivity contribution in [2.24, 2.45) is 16.3 Å². The fraction of sp³-hybridized carbons (Fsp3) is 0.421. The van der Waals surface area contributed by atoms with Crippen molar-refractivity contribution in [3.63, 3.8) is 0 Å². The van der Waals surface area contributed by atoms with Gasteiger partial charge in [0.15, 0.2) is 5.78 Å². The number of nitrogen functional groups attached to an aromatic ring is 1. The number of Topliss-reactive ketones (excluding diaryl/α,β-unsaturated/α-hetero) is 1. The second-order valence-corrected chi connectivity index (χ2v) is 6.81. The van der Waals surface area contributed by atoms with Gasteiger partial charge in [0.1, 0.15) is 11.7 Å². The fourth-order valence-corrected chi connectivity index (χ4v) is 3.14. The summed E-state index contributed by atoms with van der Waals surface area (Å²) in [6.45, 7) is 5.38. The highest BCUT2D eigenvalue weighted by Gasteiger charge is 2.47. The predicted octanol–water partition coefficient (Wildman–Crippen LogP) is 3.35. The third-order valence-corrected chi connectivity index (χ3v) is 4.42. The molecule has 2 rings (SSSR count). The van der Waals surface area contributed by atoms with Crippen LogP contribution in [0.25, 0.3) is 0 Å². The number of rotatable bonds is 4. The van der Waals surface area contributed by atoms with E-state index >= 15 is 0 Å². The normalized spacial score (nSPS) is 20.6. The summed E-state index contributed by atoms with van der Waals surface area (Å²) < 4.78 is 4.83. The van der Waals surface area contributed by atoms with Crippen molar-refractivity contribution in [3.05, 3.63) is 35.6 Å². The highest BCUT2D eigenvalue weighted by Crippen LogP contribution is 2.42. The van der Waals surface area contributed by atoms with Gasteiger partial charge in [0, 0.05) is 12.1 Å². The minimum Gasteiger partial charge on any atom is -0.511 e. The summed E-state index contributed by atoms with van der Waals surface area (Å²) in [5.74, 6) is -1.94. The molecule has 6 nitrogen and oxygen atoms in total. The van der Waals surface area contributed by atoms with Crippen LogP contribution in [0.5, 0.6) is 0 Å². The van der Waals surface area contributed by atoms with Gasteiger partial charge < -0.3 is 15.6 Å². The number of ketones is 1. The zero-order valence-electron chi connectivity index (χ0n) is 15.0. The van der Waals surface area contributed by atoms with Crippen molar-refractivity contribution in [1.29, 1.82) is 0 Å². The maximum Gasteiger partial charge on any atom is 0.316 e. The fourth-order valence-electron chi connectivity index (χ4n) is 3.14. The highest BCUT2D eigenvalue weighted by molar-refractivity contribution is 6.24. The lowest BCUT2D eigenvalue weighted by Crippen LogP contribution is -2.41. The monoisotopic (exact) mass is 344 g/mol. The number of nitrogens with two attached hydrogens (primary N) is 1. The van der Waals surface area contributed by atoms with Gasteiger partial charge >= 0.3 is 5.97 Å². The molecule has 0 unspecified atom stereocenters. The first-order chi connectivity index (χ1) is 11.7. The van der Waals surface area contributed by atoms with E-state index in [2.05, 4.69) is 4.99 Å². The van der Waals surface area contributed by atoms with Crippen LogP contribution in [0.4, 0.5) is 11.4 Å². The number of allylic oxidation sites excluding steroid dienone is 1. The third kappa shape index (κ3) is 3.73. The number of methoxy groups -OCH3 is 1. The second kappa shape index (κ2) is 7.09. The maximum absolute atomic E-state index is 12.7. The Kier molecular flexibility index (Phi) is 5.30. The van der Waals surface area contributed by atoms with Crippen LogP contribution < -0.4 is 5.73 Å². The molecule has 6 heteroatoms. The number of ether oxygens (including phenoxy) is 1.